The highest BCUT2D eigenvalue weighted by molar-refractivity contribution is 9.10. The Bertz CT molecular complexity index is 611. The molecule has 5 heteroatoms. The van der Waals surface area contributed by atoms with E-state index in [2.05, 4.69) is 31.2 Å². The molecule has 2 aromatic rings. The Labute approximate surface area is 119 Å². The quantitative estimate of drug-likeness (QED) is 0.884. The molecule has 0 unspecified atom stereocenters. The summed E-state index contributed by atoms with van der Waals surface area (Å²) in [6, 6.07) is 7.28. The average molecular weight is 318 g/mol. The molecule has 0 fully saturated rings. The van der Waals surface area contributed by atoms with Crippen molar-refractivity contribution in [1.29, 1.82) is 0 Å². The standard InChI is InChI=1S/C14H12BrN3O/c1-10-12(15)5-6-13(17-10)18-14(19)7-4-11-3-2-8-16-9-11/h2-9H,1H3,(H,17,18,19)/b7-4+. The summed E-state index contributed by atoms with van der Waals surface area (Å²) >= 11 is 3.36. The van der Waals surface area contributed by atoms with Crippen LogP contribution in [0.3, 0.4) is 0 Å². The van der Waals surface area contributed by atoms with Gasteiger partial charge >= 0.3 is 0 Å². The van der Waals surface area contributed by atoms with Crippen molar-refractivity contribution in [2.24, 2.45) is 0 Å². The van der Waals surface area contributed by atoms with Gasteiger partial charge in [0, 0.05) is 22.9 Å². The zero-order valence-corrected chi connectivity index (χ0v) is 11.9. The second kappa shape index (κ2) is 6.24. The number of amides is 1. The maximum absolute atomic E-state index is 11.7. The third-order valence-corrected chi connectivity index (χ3v) is 3.22. The summed E-state index contributed by atoms with van der Waals surface area (Å²) in [7, 11) is 0. The van der Waals surface area contributed by atoms with Gasteiger partial charge in [0.15, 0.2) is 0 Å². The Morgan fingerprint density at radius 2 is 2.21 bits per heavy atom. The average Bonchev–Trinajstić information content (AvgIpc) is 2.42. The summed E-state index contributed by atoms with van der Waals surface area (Å²) in [5, 5.41) is 2.70. The van der Waals surface area contributed by atoms with E-state index in [1.165, 1.54) is 6.08 Å². The number of pyridine rings is 2. The summed E-state index contributed by atoms with van der Waals surface area (Å²) in [6.07, 6.45) is 6.53. The van der Waals surface area contributed by atoms with Gasteiger partial charge < -0.3 is 5.32 Å². The molecular formula is C14H12BrN3O. The number of nitrogens with zero attached hydrogens (tertiary/aromatic N) is 2. The van der Waals surface area contributed by atoms with Crippen LogP contribution in [-0.4, -0.2) is 15.9 Å². The highest BCUT2D eigenvalue weighted by Crippen LogP contribution is 2.16. The normalized spacial score (nSPS) is 10.6. The van der Waals surface area contributed by atoms with Crippen molar-refractivity contribution < 1.29 is 4.79 Å². The lowest BCUT2D eigenvalue weighted by atomic mass is 10.2. The smallest absolute Gasteiger partial charge is 0.249 e. The van der Waals surface area contributed by atoms with Crippen LogP contribution in [-0.2, 0) is 4.79 Å². The van der Waals surface area contributed by atoms with Gasteiger partial charge in [0.05, 0.1) is 5.69 Å². The van der Waals surface area contributed by atoms with Gasteiger partial charge in [-0.25, -0.2) is 4.98 Å². The van der Waals surface area contributed by atoms with Crippen molar-refractivity contribution in [2.45, 2.75) is 6.92 Å². The topological polar surface area (TPSA) is 54.9 Å². The molecule has 4 nitrogen and oxygen atoms in total. The summed E-state index contributed by atoms with van der Waals surface area (Å²) in [5.41, 5.74) is 1.70. The molecule has 0 spiro atoms. The van der Waals surface area contributed by atoms with E-state index in [0.717, 1.165) is 15.7 Å². The first-order valence-electron chi connectivity index (χ1n) is 5.67. The zero-order valence-electron chi connectivity index (χ0n) is 10.3. The van der Waals surface area contributed by atoms with Gasteiger partial charge in [0.1, 0.15) is 5.82 Å². The van der Waals surface area contributed by atoms with Crippen LogP contribution in [0.25, 0.3) is 6.08 Å². The molecule has 96 valence electrons. The van der Waals surface area contributed by atoms with Gasteiger partial charge in [-0.05, 0) is 52.7 Å². The van der Waals surface area contributed by atoms with Gasteiger partial charge in [-0.1, -0.05) is 6.07 Å². The Kier molecular flexibility index (Phi) is 4.41. The maximum atomic E-state index is 11.7. The van der Waals surface area contributed by atoms with Gasteiger partial charge in [-0.3, -0.25) is 9.78 Å². The van der Waals surface area contributed by atoms with Crippen molar-refractivity contribution in [2.75, 3.05) is 5.32 Å². The van der Waals surface area contributed by atoms with E-state index < -0.39 is 0 Å². The number of hydrogen-bond donors (Lipinski definition) is 1. The Morgan fingerprint density at radius 3 is 2.89 bits per heavy atom. The number of anilines is 1. The summed E-state index contributed by atoms with van der Waals surface area (Å²) in [5.74, 6) is 0.305. The fraction of sp³-hybridized carbons (Fsp3) is 0.0714. The minimum absolute atomic E-state index is 0.224. The highest BCUT2D eigenvalue weighted by Gasteiger charge is 2.01. The monoisotopic (exact) mass is 317 g/mol. The van der Waals surface area contributed by atoms with Crippen LogP contribution in [0.5, 0.6) is 0 Å². The Morgan fingerprint density at radius 1 is 1.37 bits per heavy atom. The van der Waals surface area contributed by atoms with Crippen molar-refractivity contribution in [3.05, 3.63) is 58.5 Å². The number of nitrogens with one attached hydrogen (secondary N) is 1. The number of carbonyl (C=O) groups excluding carboxylic acids is 1. The molecule has 2 rings (SSSR count). The molecule has 0 atom stereocenters. The van der Waals surface area contributed by atoms with E-state index >= 15 is 0 Å². The van der Waals surface area contributed by atoms with E-state index in [-0.39, 0.29) is 5.91 Å². The maximum Gasteiger partial charge on any atom is 0.249 e. The number of aromatic nitrogens is 2. The third kappa shape index (κ3) is 3.99. The first kappa shape index (κ1) is 13.4. The van der Waals surface area contributed by atoms with E-state index in [0.29, 0.717) is 5.82 Å². The molecule has 0 aliphatic carbocycles. The molecule has 0 saturated heterocycles. The van der Waals surface area contributed by atoms with Crippen molar-refractivity contribution in [3.8, 4) is 0 Å². The largest absolute Gasteiger partial charge is 0.307 e. The summed E-state index contributed by atoms with van der Waals surface area (Å²) in [4.78, 5) is 19.9. The van der Waals surface area contributed by atoms with Gasteiger partial charge in [-0.2, -0.15) is 0 Å². The molecule has 0 aromatic carbocycles. The van der Waals surface area contributed by atoms with Crippen LogP contribution in [0.1, 0.15) is 11.3 Å². The van der Waals surface area contributed by atoms with Crippen molar-refractivity contribution in [1.82, 2.24) is 9.97 Å². The first-order chi connectivity index (χ1) is 9.15. The highest BCUT2D eigenvalue weighted by atomic mass is 79.9. The fourth-order valence-corrected chi connectivity index (χ4v) is 1.65. The molecule has 2 heterocycles. The van der Waals surface area contributed by atoms with Crippen LogP contribution in [0.4, 0.5) is 5.82 Å². The summed E-state index contributed by atoms with van der Waals surface area (Å²) in [6.45, 7) is 1.87. The molecule has 19 heavy (non-hydrogen) atoms. The fourth-order valence-electron chi connectivity index (χ4n) is 1.43. The van der Waals surface area contributed by atoms with E-state index in [4.69, 9.17) is 0 Å². The number of carbonyl (C=O) groups is 1. The van der Waals surface area contributed by atoms with Crippen LogP contribution in [0.15, 0.2) is 47.2 Å². The molecule has 0 bridgehead atoms. The molecule has 1 N–H and O–H groups in total. The van der Waals surface area contributed by atoms with Crippen molar-refractivity contribution >= 4 is 33.7 Å². The Balaban J connectivity index is 2.01. The second-order valence-electron chi connectivity index (χ2n) is 3.87. The summed E-state index contributed by atoms with van der Waals surface area (Å²) < 4.78 is 0.913. The molecule has 1 amide bonds. The number of rotatable bonds is 3. The molecule has 0 radical (unpaired) electrons. The van der Waals surface area contributed by atoms with Crippen LogP contribution in [0.2, 0.25) is 0 Å². The molecule has 0 aliphatic rings. The lowest BCUT2D eigenvalue weighted by molar-refractivity contribution is -0.111. The number of aryl methyl sites for hydroxylation is 1. The second-order valence-corrected chi connectivity index (χ2v) is 4.73. The number of halogens is 1. The SMILES string of the molecule is Cc1nc(NC(=O)/C=C/c2cccnc2)ccc1Br. The zero-order chi connectivity index (χ0) is 13.7. The predicted molar refractivity (Wildman–Crippen MR) is 78.6 cm³/mol. The van der Waals surface area contributed by atoms with Gasteiger partial charge in [0.2, 0.25) is 5.91 Å². The molecular weight excluding hydrogens is 306 g/mol. The minimum Gasteiger partial charge on any atom is -0.307 e. The minimum atomic E-state index is -0.224. The van der Waals surface area contributed by atoms with Crippen LogP contribution in [0, 0.1) is 6.92 Å². The predicted octanol–water partition coefficient (Wildman–Crippen LogP) is 3.20. The number of hydrogen-bond acceptors (Lipinski definition) is 3. The van der Waals surface area contributed by atoms with E-state index in [1.54, 1.807) is 24.5 Å². The van der Waals surface area contributed by atoms with E-state index in [1.807, 2.05) is 25.1 Å². The molecule has 0 aliphatic heterocycles. The first-order valence-corrected chi connectivity index (χ1v) is 6.47. The molecule has 0 saturated carbocycles. The Hall–Kier alpha value is -2.01. The lowest BCUT2D eigenvalue weighted by Gasteiger charge is -2.03. The lowest BCUT2D eigenvalue weighted by Crippen LogP contribution is -2.09. The van der Waals surface area contributed by atoms with Gasteiger partial charge in [0.25, 0.3) is 0 Å². The van der Waals surface area contributed by atoms with Gasteiger partial charge in [-0.15, -0.1) is 0 Å². The van der Waals surface area contributed by atoms with Crippen LogP contribution >= 0.6 is 15.9 Å². The molecule has 2 aromatic heterocycles. The van der Waals surface area contributed by atoms with Crippen LogP contribution < -0.4 is 5.32 Å². The third-order valence-electron chi connectivity index (χ3n) is 2.38. The van der Waals surface area contributed by atoms with E-state index in [9.17, 15) is 4.79 Å². The van der Waals surface area contributed by atoms with Crippen molar-refractivity contribution in [3.63, 3.8) is 0 Å².